The van der Waals surface area contributed by atoms with Crippen LogP contribution in [0, 0.1) is 0 Å². The fourth-order valence-corrected chi connectivity index (χ4v) is 0. The van der Waals surface area contributed by atoms with Gasteiger partial charge in [-0.1, -0.05) is 0 Å². The van der Waals surface area contributed by atoms with Gasteiger partial charge in [0.15, 0.2) is 0 Å². The summed E-state index contributed by atoms with van der Waals surface area (Å²) in [4.78, 5) is 0. The Labute approximate surface area is 139 Å². The predicted molar refractivity (Wildman–Crippen MR) is 4.12 cm³/mol. The third kappa shape index (κ3) is 199. The molecule has 0 aromatic carbocycles. The minimum Gasteiger partial charge on any atom is -2.00 e. The molecule has 0 saturated carbocycles. The van der Waals surface area contributed by atoms with E-state index in [-0.39, 0.29) is 141 Å². The Kier molecular flexibility index (Phi) is 6500. The van der Waals surface area contributed by atoms with Gasteiger partial charge in [0, 0.05) is 0 Å². The van der Waals surface area contributed by atoms with E-state index in [1.54, 1.807) is 0 Å². The summed E-state index contributed by atoms with van der Waals surface area (Å²) in [6.45, 7) is 0. The molecule has 0 aromatic heterocycles. The molecule has 0 atom stereocenters. The molecule has 4 radical (unpaired) electrons. The number of hydrogen-bond acceptors (Lipinski definition) is 0. The van der Waals surface area contributed by atoms with E-state index < -0.39 is 0 Å². The van der Waals surface area contributed by atoms with Crippen LogP contribution < -0.4 is 0 Å². The Hall–Kier alpha value is 3.11. The van der Waals surface area contributed by atoms with E-state index in [1.807, 2.05) is 0 Å². The standard InChI is InChI=1S/2Cr.2Cu.6O.2Zn/q2*+3;2*+2;6*-2;2*+2. The van der Waals surface area contributed by atoms with Crippen LogP contribution in [0.3, 0.4) is 0 Å². The molecule has 12 heteroatoms. The van der Waals surface area contributed by atoms with Crippen molar-refractivity contribution in [3.8, 4) is 0 Å². The Morgan fingerprint density at radius 2 is 0.333 bits per heavy atom. The molecule has 0 amide bonds. The Balaban J connectivity index is 0. The maximum absolute atomic E-state index is 0. The minimum absolute atomic E-state index is 0. The van der Waals surface area contributed by atoms with Crippen molar-refractivity contribution in [2.24, 2.45) is 0 Å². The molecule has 0 aliphatic carbocycles. The molecule has 6 nitrogen and oxygen atoms in total. The summed E-state index contributed by atoms with van der Waals surface area (Å²) in [5.41, 5.74) is 0. The van der Waals surface area contributed by atoms with Crippen molar-refractivity contribution < 1.29 is 141 Å². The van der Waals surface area contributed by atoms with E-state index in [1.165, 1.54) is 0 Å². The van der Waals surface area contributed by atoms with Crippen LogP contribution in [0.1, 0.15) is 0 Å². The van der Waals surface area contributed by atoms with Crippen LogP contribution in [0.2, 0.25) is 0 Å². The Bertz CT molecular complexity index is 21.5. The number of hydrogen-bond donors (Lipinski definition) is 0. The second-order valence-electron chi connectivity index (χ2n) is 0. The maximum atomic E-state index is 0. The predicted octanol–water partition coefficient (Wildman–Crippen LogP) is -0.728. The molecule has 0 bridgehead atoms. The molecule has 0 aromatic rings. The molecule has 0 rings (SSSR count). The van der Waals surface area contributed by atoms with Gasteiger partial charge in [0.25, 0.3) is 0 Å². The second-order valence-corrected chi connectivity index (χ2v) is 0. The van der Waals surface area contributed by atoms with E-state index >= 15 is 0 Å². The largest absolute Gasteiger partial charge is 3.00 e. The normalized spacial score (nSPS) is 0. The van der Waals surface area contributed by atoms with Crippen LogP contribution in [0.4, 0.5) is 0 Å². The summed E-state index contributed by atoms with van der Waals surface area (Å²) in [5.74, 6) is 0. The van der Waals surface area contributed by atoms with Gasteiger partial charge in [0.1, 0.15) is 0 Å². The van der Waals surface area contributed by atoms with Crippen molar-refractivity contribution in [3.05, 3.63) is 0 Å². The Morgan fingerprint density at radius 1 is 0.333 bits per heavy atom. The van der Waals surface area contributed by atoms with E-state index in [0.29, 0.717) is 0 Å². The van der Waals surface area contributed by atoms with E-state index in [2.05, 4.69) is 0 Å². The topological polar surface area (TPSA) is 171 Å². The molecule has 72 valence electrons. The quantitative estimate of drug-likeness (QED) is 0.418. The van der Waals surface area contributed by atoms with Gasteiger partial charge in [-0.2, -0.15) is 0 Å². The summed E-state index contributed by atoms with van der Waals surface area (Å²) in [6, 6.07) is 0. The molecule has 0 spiro atoms. The third-order valence-corrected chi connectivity index (χ3v) is 0. The van der Waals surface area contributed by atoms with Crippen LogP contribution >= 0.6 is 0 Å². The fraction of sp³-hybridized carbons (Fsp3) is 0. The average Bonchev–Trinajstić information content (AvgIpc) is 0. The van der Waals surface area contributed by atoms with E-state index in [0.717, 1.165) is 0 Å². The zero-order valence-electron chi connectivity index (χ0n) is 5.28. The second kappa shape index (κ2) is 251. The first kappa shape index (κ1) is 311. The van der Waals surface area contributed by atoms with Crippen LogP contribution in [-0.4, -0.2) is 0 Å². The fourth-order valence-electron chi connectivity index (χ4n) is 0. The van der Waals surface area contributed by atoms with Gasteiger partial charge >= 0.3 is 108 Å². The van der Waals surface area contributed by atoms with Crippen molar-refractivity contribution in [2.75, 3.05) is 0 Å². The molecular formula is Cr2Cu2O6Zn2+2. The van der Waals surface area contributed by atoms with Crippen molar-refractivity contribution >= 4 is 0 Å². The first-order chi connectivity index (χ1) is 0. The molecule has 0 aliphatic rings. The molecule has 0 aliphatic heterocycles. The summed E-state index contributed by atoms with van der Waals surface area (Å²) >= 11 is 0. The monoisotopic (exact) mass is 454 g/mol. The van der Waals surface area contributed by atoms with Gasteiger partial charge in [-0.15, -0.1) is 0 Å². The van der Waals surface area contributed by atoms with Crippen LogP contribution in [0.15, 0.2) is 0 Å². The van der Waals surface area contributed by atoms with E-state index in [9.17, 15) is 0 Å². The van der Waals surface area contributed by atoms with Gasteiger partial charge in [-0.25, -0.2) is 0 Å². The van der Waals surface area contributed by atoms with Crippen LogP contribution in [0.25, 0.3) is 0 Å². The maximum Gasteiger partial charge on any atom is 3.00 e. The summed E-state index contributed by atoms with van der Waals surface area (Å²) in [5, 5.41) is 0. The molecule has 0 unspecified atom stereocenters. The third-order valence-electron chi connectivity index (χ3n) is 0. The van der Waals surface area contributed by atoms with Crippen molar-refractivity contribution in [1.82, 2.24) is 0 Å². The van der Waals surface area contributed by atoms with Gasteiger partial charge in [-0.05, 0) is 0 Å². The Morgan fingerprint density at radius 3 is 0.333 bits per heavy atom. The van der Waals surface area contributed by atoms with Gasteiger partial charge < -0.3 is 32.9 Å². The summed E-state index contributed by atoms with van der Waals surface area (Å²) < 4.78 is 0. The SMILES string of the molecule is [Cr+3].[Cr+3].[Cu+2].[Cu+2].[O-2].[O-2].[O-2].[O-2].[O-2].[O-2].[Zn+2].[Zn+2]. The molecule has 0 saturated heterocycles. The average molecular weight is 458 g/mol. The summed E-state index contributed by atoms with van der Waals surface area (Å²) in [6.07, 6.45) is 0. The smallest absolute Gasteiger partial charge is 2.00 e. The van der Waals surface area contributed by atoms with Crippen LogP contribution in [0.5, 0.6) is 0 Å². The summed E-state index contributed by atoms with van der Waals surface area (Å²) in [7, 11) is 0. The van der Waals surface area contributed by atoms with E-state index in [4.69, 9.17) is 0 Å². The van der Waals surface area contributed by atoms with Crippen molar-refractivity contribution in [2.45, 2.75) is 0 Å². The van der Waals surface area contributed by atoms with Gasteiger partial charge in [0.2, 0.25) is 0 Å². The molecule has 0 fully saturated rings. The number of rotatable bonds is 0. The van der Waals surface area contributed by atoms with Crippen LogP contribution in [-0.2, 0) is 141 Å². The first-order valence-corrected chi connectivity index (χ1v) is 0. The van der Waals surface area contributed by atoms with Gasteiger partial charge in [-0.3, -0.25) is 0 Å². The minimum atomic E-state index is 0. The van der Waals surface area contributed by atoms with Gasteiger partial charge in [0.05, 0.1) is 0 Å². The molecule has 0 N–H and O–H groups in total. The zero-order chi connectivity index (χ0) is 0. The molecule has 12 heavy (non-hydrogen) atoms. The molecular weight excluding hydrogens is 458 g/mol. The zero-order valence-corrected chi connectivity index (χ0v) is 15.7. The van der Waals surface area contributed by atoms with Crippen molar-refractivity contribution in [1.29, 1.82) is 0 Å². The van der Waals surface area contributed by atoms with Crippen molar-refractivity contribution in [3.63, 3.8) is 0 Å². The molecule has 0 heterocycles. The first-order valence-electron chi connectivity index (χ1n) is 0.